The maximum absolute atomic E-state index is 6.34. The Bertz CT molecular complexity index is 528. The lowest BCUT2D eigenvalue weighted by atomic mass is 9.82. The Hall–Kier alpha value is -1.24. The molecule has 0 atom stereocenters. The minimum atomic E-state index is -0.467. The fourth-order valence-corrected chi connectivity index (χ4v) is 2.34. The van der Waals surface area contributed by atoms with E-state index < -0.39 is 5.54 Å². The normalized spacial score (nSPS) is 16.9. The molecular formula is C12H17Cl2N5O. The zero-order valence-corrected chi connectivity index (χ0v) is 12.5. The third kappa shape index (κ3) is 3.26. The van der Waals surface area contributed by atoms with Crippen LogP contribution in [0, 0.1) is 0 Å². The van der Waals surface area contributed by atoms with Crippen LogP contribution in [0.4, 0.5) is 0 Å². The number of halogens is 2. The summed E-state index contributed by atoms with van der Waals surface area (Å²) in [7, 11) is 0. The molecule has 0 bridgehead atoms. The van der Waals surface area contributed by atoms with Crippen LogP contribution >= 0.6 is 24.8 Å². The smallest absolute Gasteiger partial charge is 0.247 e. The van der Waals surface area contributed by atoms with Gasteiger partial charge >= 0.3 is 0 Å². The highest BCUT2D eigenvalue weighted by Crippen LogP contribution is 2.34. The molecule has 0 radical (unpaired) electrons. The van der Waals surface area contributed by atoms with Crippen molar-refractivity contribution in [2.45, 2.75) is 37.6 Å². The summed E-state index contributed by atoms with van der Waals surface area (Å²) in [6.45, 7) is 0. The lowest BCUT2D eigenvalue weighted by Crippen LogP contribution is -2.38. The summed E-state index contributed by atoms with van der Waals surface area (Å²) in [5.74, 6) is 0.969. The van der Waals surface area contributed by atoms with Crippen molar-refractivity contribution in [3.05, 3.63) is 24.5 Å². The second-order valence-corrected chi connectivity index (χ2v) is 4.73. The molecular weight excluding hydrogens is 301 g/mol. The summed E-state index contributed by atoms with van der Waals surface area (Å²) >= 11 is 0. The van der Waals surface area contributed by atoms with Crippen molar-refractivity contribution < 1.29 is 4.52 Å². The fraction of sp³-hybridized carbons (Fsp3) is 0.500. The maximum atomic E-state index is 6.34. The summed E-state index contributed by atoms with van der Waals surface area (Å²) in [5.41, 5.74) is 6.48. The molecule has 0 aromatic carbocycles. The first-order chi connectivity index (χ1) is 8.78. The largest absolute Gasteiger partial charge is 0.337 e. The highest BCUT2D eigenvalue weighted by molar-refractivity contribution is 5.85. The van der Waals surface area contributed by atoms with Crippen molar-refractivity contribution in [2.75, 3.05) is 0 Å². The van der Waals surface area contributed by atoms with E-state index in [1.54, 1.807) is 18.6 Å². The lowest BCUT2D eigenvalue weighted by molar-refractivity contribution is 0.220. The van der Waals surface area contributed by atoms with E-state index in [4.69, 9.17) is 10.3 Å². The van der Waals surface area contributed by atoms with Crippen LogP contribution in [0.5, 0.6) is 0 Å². The van der Waals surface area contributed by atoms with Gasteiger partial charge in [-0.05, 0) is 12.8 Å². The molecule has 0 unspecified atom stereocenters. The van der Waals surface area contributed by atoms with Crippen LogP contribution in [0.25, 0.3) is 11.5 Å². The topological polar surface area (TPSA) is 90.7 Å². The third-order valence-electron chi connectivity index (χ3n) is 3.39. The molecule has 1 aliphatic rings. The monoisotopic (exact) mass is 317 g/mol. The highest BCUT2D eigenvalue weighted by Gasteiger charge is 2.35. The molecule has 110 valence electrons. The first-order valence-electron chi connectivity index (χ1n) is 6.17. The van der Waals surface area contributed by atoms with Gasteiger partial charge < -0.3 is 10.3 Å². The fourth-order valence-electron chi connectivity index (χ4n) is 2.34. The summed E-state index contributed by atoms with van der Waals surface area (Å²) in [4.78, 5) is 12.5. The van der Waals surface area contributed by atoms with Gasteiger partial charge in [-0.3, -0.25) is 4.98 Å². The molecule has 2 aromatic rings. The molecule has 8 heteroatoms. The molecule has 0 spiro atoms. The molecule has 2 aromatic heterocycles. The summed E-state index contributed by atoms with van der Waals surface area (Å²) in [5, 5.41) is 3.94. The molecule has 1 aliphatic carbocycles. The zero-order chi connectivity index (χ0) is 12.4. The summed E-state index contributed by atoms with van der Waals surface area (Å²) in [6, 6.07) is 0. The van der Waals surface area contributed by atoms with Gasteiger partial charge in [-0.25, -0.2) is 4.98 Å². The molecule has 3 rings (SSSR count). The number of nitrogens with zero attached hydrogens (tertiary/aromatic N) is 4. The van der Waals surface area contributed by atoms with Crippen LogP contribution in [0.2, 0.25) is 0 Å². The van der Waals surface area contributed by atoms with Crippen LogP contribution in [-0.2, 0) is 5.54 Å². The van der Waals surface area contributed by atoms with Crippen LogP contribution in [-0.4, -0.2) is 20.1 Å². The molecule has 2 heterocycles. The van der Waals surface area contributed by atoms with Gasteiger partial charge in [0.1, 0.15) is 5.69 Å². The molecule has 2 N–H and O–H groups in total. The molecule has 20 heavy (non-hydrogen) atoms. The summed E-state index contributed by atoms with van der Waals surface area (Å²) < 4.78 is 5.31. The maximum Gasteiger partial charge on any atom is 0.247 e. The average molecular weight is 318 g/mol. The number of hydrogen-bond acceptors (Lipinski definition) is 6. The van der Waals surface area contributed by atoms with Gasteiger partial charge in [-0.15, -0.1) is 24.8 Å². The molecule has 0 saturated heterocycles. The zero-order valence-electron chi connectivity index (χ0n) is 10.9. The average Bonchev–Trinajstić information content (AvgIpc) is 2.91. The Labute approximate surface area is 129 Å². The molecule has 0 aliphatic heterocycles. The van der Waals surface area contributed by atoms with Gasteiger partial charge in [0.25, 0.3) is 0 Å². The van der Waals surface area contributed by atoms with Crippen molar-refractivity contribution in [1.29, 1.82) is 0 Å². The number of aromatic nitrogens is 4. The standard InChI is InChI=1S/C12H15N5O.2ClH/c13-12(4-2-1-3-5-12)11-16-10(17-18-11)9-8-14-6-7-15-9;;/h6-8H,1-5,13H2;2*1H. The van der Waals surface area contributed by atoms with Gasteiger partial charge in [0.05, 0.1) is 11.7 Å². The Kier molecular flexibility index (Phi) is 5.86. The second-order valence-electron chi connectivity index (χ2n) is 4.73. The van der Waals surface area contributed by atoms with Crippen LogP contribution in [0.3, 0.4) is 0 Å². The van der Waals surface area contributed by atoms with Crippen LogP contribution in [0.1, 0.15) is 38.0 Å². The molecule has 1 fully saturated rings. The third-order valence-corrected chi connectivity index (χ3v) is 3.39. The molecule has 1 saturated carbocycles. The van der Waals surface area contributed by atoms with Crippen LogP contribution < -0.4 is 5.73 Å². The SMILES string of the molecule is Cl.Cl.NC1(c2nc(-c3cnccn3)no2)CCCCC1. The van der Waals surface area contributed by atoms with Crippen LogP contribution in [0.15, 0.2) is 23.1 Å². The Morgan fingerprint density at radius 3 is 2.50 bits per heavy atom. The van der Waals surface area contributed by atoms with Crippen molar-refractivity contribution in [3.8, 4) is 11.5 Å². The van der Waals surface area contributed by atoms with E-state index in [2.05, 4.69) is 20.1 Å². The van der Waals surface area contributed by atoms with E-state index in [9.17, 15) is 0 Å². The van der Waals surface area contributed by atoms with E-state index in [1.165, 1.54) is 6.42 Å². The van der Waals surface area contributed by atoms with Crippen molar-refractivity contribution >= 4 is 24.8 Å². The van der Waals surface area contributed by atoms with E-state index in [0.717, 1.165) is 25.7 Å². The van der Waals surface area contributed by atoms with E-state index in [0.29, 0.717) is 17.4 Å². The number of nitrogens with two attached hydrogens (primary N) is 1. The predicted octanol–water partition coefficient (Wildman–Crippen LogP) is 2.49. The highest BCUT2D eigenvalue weighted by atomic mass is 35.5. The van der Waals surface area contributed by atoms with Crippen molar-refractivity contribution in [2.24, 2.45) is 5.73 Å². The van der Waals surface area contributed by atoms with Gasteiger partial charge in [-0.1, -0.05) is 24.4 Å². The van der Waals surface area contributed by atoms with Gasteiger partial charge in [0, 0.05) is 12.4 Å². The molecule has 0 amide bonds. The first kappa shape index (κ1) is 16.8. The Morgan fingerprint density at radius 1 is 1.10 bits per heavy atom. The number of hydrogen-bond donors (Lipinski definition) is 1. The van der Waals surface area contributed by atoms with E-state index in [-0.39, 0.29) is 24.8 Å². The first-order valence-corrected chi connectivity index (χ1v) is 6.17. The van der Waals surface area contributed by atoms with E-state index in [1.807, 2.05) is 0 Å². The minimum absolute atomic E-state index is 0. The van der Waals surface area contributed by atoms with Gasteiger partial charge in [0.15, 0.2) is 0 Å². The molecule has 6 nitrogen and oxygen atoms in total. The van der Waals surface area contributed by atoms with Gasteiger partial charge in [-0.2, -0.15) is 4.98 Å². The van der Waals surface area contributed by atoms with Gasteiger partial charge in [0.2, 0.25) is 11.7 Å². The minimum Gasteiger partial charge on any atom is -0.337 e. The number of rotatable bonds is 2. The summed E-state index contributed by atoms with van der Waals surface area (Å²) in [6.07, 6.45) is 10.1. The quantitative estimate of drug-likeness (QED) is 0.915. The Morgan fingerprint density at radius 2 is 1.85 bits per heavy atom. The lowest BCUT2D eigenvalue weighted by Gasteiger charge is -2.29. The van der Waals surface area contributed by atoms with E-state index >= 15 is 0 Å². The Balaban J connectivity index is 0.000001000. The predicted molar refractivity (Wildman–Crippen MR) is 78.8 cm³/mol. The van der Waals surface area contributed by atoms with Crippen molar-refractivity contribution in [3.63, 3.8) is 0 Å². The van der Waals surface area contributed by atoms with Crippen molar-refractivity contribution in [1.82, 2.24) is 20.1 Å². The second kappa shape index (κ2) is 6.97.